The SMILES string of the molecule is C[C@@H]1Oc2ccc(S(=O)(=O)N3CCN(C(=O)Cc4cccc(F)c4)CC3)cc2NC1=O. The molecule has 0 bridgehead atoms. The van der Waals surface area contributed by atoms with Gasteiger partial charge < -0.3 is 15.0 Å². The molecule has 164 valence electrons. The molecule has 0 aromatic heterocycles. The average molecular weight is 447 g/mol. The molecule has 1 atom stereocenters. The summed E-state index contributed by atoms with van der Waals surface area (Å²) in [7, 11) is -3.80. The van der Waals surface area contributed by atoms with Crippen LogP contribution in [0.4, 0.5) is 10.1 Å². The van der Waals surface area contributed by atoms with Crippen LogP contribution in [0, 0.1) is 5.82 Å². The smallest absolute Gasteiger partial charge is 0.265 e. The molecule has 2 aromatic rings. The molecule has 4 rings (SSSR count). The van der Waals surface area contributed by atoms with Crippen LogP contribution in [0.15, 0.2) is 47.4 Å². The van der Waals surface area contributed by atoms with E-state index in [4.69, 9.17) is 4.74 Å². The number of ether oxygens (including phenoxy) is 1. The molecule has 2 aliphatic rings. The number of nitrogens with zero attached hydrogens (tertiary/aromatic N) is 2. The van der Waals surface area contributed by atoms with Crippen molar-refractivity contribution in [3.63, 3.8) is 0 Å². The van der Waals surface area contributed by atoms with Gasteiger partial charge in [-0.2, -0.15) is 4.31 Å². The van der Waals surface area contributed by atoms with E-state index >= 15 is 0 Å². The molecule has 10 heteroatoms. The molecule has 1 N–H and O–H groups in total. The summed E-state index contributed by atoms with van der Waals surface area (Å²) in [6.45, 7) is 2.39. The number of benzene rings is 2. The van der Waals surface area contributed by atoms with Gasteiger partial charge in [0.05, 0.1) is 17.0 Å². The number of amides is 2. The van der Waals surface area contributed by atoms with Crippen molar-refractivity contribution in [1.82, 2.24) is 9.21 Å². The molecule has 2 heterocycles. The molecule has 0 saturated carbocycles. The Bertz CT molecular complexity index is 1130. The number of piperazine rings is 1. The summed E-state index contributed by atoms with van der Waals surface area (Å²) in [5.41, 5.74) is 0.890. The predicted molar refractivity (Wildman–Crippen MR) is 111 cm³/mol. The Hall–Kier alpha value is -2.98. The highest BCUT2D eigenvalue weighted by Crippen LogP contribution is 2.33. The van der Waals surface area contributed by atoms with Gasteiger partial charge in [0, 0.05) is 26.2 Å². The van der Waals surface area contributed by atoms with Crippen molar-refractivity contribution in [3.8, 4) is 5.75 Å². The van der Waals surface area contributed by atoms with E-state index in [0.29, 0.717) is 17.0 Å². The molecule has 1 fully saturated rings. The fourth-order valence-electron chi connectivity index (χ4n) is 3.61. The number of halogens is 1. The third kappa shape index (κ3) is 4.40. The van der Waals surface area contributed by atoms with E-state index in [2.05, 4.69) is 5.32 Å². The van der Waals surface area contributed by atoms with E-state index in [0.717, 1.165) is 0 Å². The van der Waals surface area contributed by atoms with Crippen LogP contribution in [0.5, 0.6) is 5.75 Å². The second kappa shape index (κ2) is 8.27. The predicted octanol–water partition coefficient (Wildman–Crippen LogP) is 1.62. The number of sulfonamides is 1. The Labute approximate surface area is 179 Å². The Morgan fingerprint density at radius 3 is 2.61 bits per heavy atom. The van der Waals surface area contributed by atoms with E-state index in [1.54, 1.807) is 24.0 Å². The summed E-state index contributed by atoms with van der Waals surface area (Å²) in [5.74, 6) is -0.501. The highest BCUT2D eigenvalue weighted by atomic mass is 32.2. The number of anilines is 1. The van der Waals surface area contributed by atoms with E-state index < -0.39 is 21.9 Å². The first kappa shape index (κ1) is 21.3. The quantitative estimate of drug-likeness (QED) is 0.769. The number of hydrogen-bond donors (Lipinski definition) is 1. The molecule has 0 radical (unpaired) electrons. The summed E-state index contributed by atoms with van der Waals surface area (Å²) in [5, 5.41) is 2.65. The van der Waals surface area contributed by atoms with E-state index in [1.165, 1.54) is 34.6 Å². The number of rotatable bonds is 4. The van der Waals surface area contributed by atoms with E-state index in [-0.39, 0.29) is 49.3 Å². The van der Waals surface area contributed by atoms with Crippen LogP contribution < -0.4 is 10.1 Å². The minimum absolute atomic E-state index is 0.0456. The van der Waals surface area contributed by atoms with Crippen molar-refractivity contribution in [3.05, 3.63) is 53.8 Å². The third-order valence-electron chi connectivity index (χ3n) is 5.36. The topological polar surface area (TPSA) is 96.0 Å². The highest BCUT2D eigenvalue weighted by Gasteiger charge is 2.32. The monoisotopic (exact) mass is 447 g/mol. The van der Waals surface area contributed by atoms with Crippen LogP contribution in [-0.4, -0.2) is 61.7 Å². The zero-order valence-corrected chi connectivity index (χ0v) is 17.7. The lowest BCUT2D eigenvalue weighted by atomic mass is 10.1. The van der Waals surface area contributed by atoms with Crippen LogP contribution in [0.3, 0.4) is 0 Å². The number of nitrogens with one attached hydrogen (secondary N) is 1. The molecular weight excluding hydrogens is 425 g/mol. The van der Waals surface area contributed by atoms with Crippen molar-refractivity contribution in [1.29, 1.82) is 0 Å². The molecule has 2 aliphatic heterocycles. The molecule has 2 aromatic carbocycles. The number of carbonyl (C=O) groups excluding carboxylic acids is 2. The summed E-state index contributed by atoms with van der Waals surface area (Å²) in [6, 6.07) is 10.2. The molecule has 2 amide bonds. The molecule has 8 nitrogen and oxygen atoms in total. The minimum atomic E-state index is -3.80. The van der Waals surface area contributed by atoms with Gasteiger partial charge in [-0.05, 0) is 42.8 Å². The Balaban J connectivity index is 1.42. The fraction of sp³-hybridized carbons (Fsp3) is 0.333. The van der Waals surface area contributed by atoms with Gasteiger partial charge in [-0.1, -0.05) is 12.1 Å². The zero-order valence-electron chi connectivity index (χ0n) is 16.9. The number of carbonyl (C=O) groups is 2. The van der Waals surface area contributed by atoms with Crippen LogP contribution in [0.25, 0.3) is 0 Å². The molecular formula is C21H22FN3O5S. The van der Waals surface area contributed by atoms with Crippen molar-refractivity contribution in [2.24, 2.45) is 0 Å². The average Bonchev–Trinajstić information content (AvgIpc) is 2.74. The summed E-state index contributed by atoms with van der Waals surface area (Å²) in [4.78, 5) is 25.9. The molecule has 0 spiro atoms. The van der Waals surface area contributed by atoms with Gasteiger partial charge in [0.1, 0.15) is 11.6 Å². The van der Waals surface area contributed by atoms with Gasteiger partial charge >= 0.3 is 0 Å². The maximum absolute atomic E-state index is 13.3. The Morgan fingerprint density at radius 1 is 1.16 bits per heavy atom. The van der Waals surface area contributed by atoms with Crippen LogP contribution in [-0.2, 0) is 26.0 Å². The van der Waals surface area contributed by atoms with E-state index in [9.17, 15) is 22.4 Å². The molecule has 0 aliphatic carbocycles. The first-order chi connectivity index (χ1) is 14.7. The van der Waals surface area contributed by atoms with Gasteiger partial charge in [0.15, 0.2) is 6.10 Å². The van der Waals surface area contributed by atoms with Crippen molar-refractivity contribution in [2.45, 2.75) is 24.3 Å². The first-order valence-corrected chi connectivity index (χ1v) is 11.3. The third-order valence-corrected chi connectivity index (χ3v) is 7.25. The van der Waals surface area contributed by atoms with Crippen LogP contribution >= 0.6 is 0 Å². The van der Waals surface area contributed by atoms with Gasteiger partial charge in [-0.25, -0.2) is 12.8 Å². The van der Waals surface area contributed by atoms with Gasteiger partial charge in [0.25, 0.3) is 5.91 Å². The number of hydrogen-bond acceptors (Lipinski definition) is 5. The fourth-order valence-corrected chi connectivity index (χ4v) is 5.06. The van der Waals surface area contributed by atoms with Crippen molar-refractivity contribution < 1.29 is 27.1 Å². The minimum Gasteiger partial charge on any atom is -0.479 e. The van der Waals surface area contributed by atoms with Gasteiger partial charge in [0.2, 0.25) is 15.9 Å². The Morgan fingerprint density at radius 2 is 1.90 bits per heavy atom. The summed E-state index contributed by atoms with van der Waals surface area (Å²) >= 11 is 0. The molecule has 0 unspecified atom stereocenters. The number of fused-ring (bicyclic) bond motifs is 1. The van der Waals surface area contributed by atoms with E-state index in [1.807, 2.05) is 0 Å². The zero-order chi connectivity index (χ0) is 22.2. The molecule has 1 saturated heterocycles. The second-order valence-electron chi connectivity index (χ2n) is 7.50. The first-order valence-electron chi connectivity index (χ1n) is 9.88. The van der Waals surface area contributed by atoms with Gasteiger partial charge in [-0.15, -0.1) is 0 Å². The van der Waals surface area contributed by atoms with Crippen molar-refractivity contribution in [2.75, 3.05) is 31.5 Å². The largest absolute Gasteiger partial charge is 0.479 e. The normalized spacial score (nSPS) is 19.4. The standard InChI is InChI=1S/C21H22FN3O5S/c1-14-21(27)23-18-13-17(5-6-19(18)30-14)31(28,29)25-9-7-24(8-10-25)20(26)12-15-3-2-4-16(22)11-15/h2-6,11,13-14H,7-10,12H2,1H3,(H,23,27)/t14-/m0/s1. The van der Waals surface area contributed by atoms with Crippen LogP contribution in [0.1, 0.15) is 12.5 Å². The lowest BCUT2D eigenvalue weighted by Crippen LogP contribution is -2.50. The highest BCUT2D eigenvalue weighted by molar-refractivity contribution is 7.89. The maximum atomic E-state index is 13.3. The summed E-state index contributed by atoms with van der Waals surface area (Å²) in [6.07, 6.45) is -0.582. The summed E-state index contributed by atoms with van der Waals surface area (Å²) < 4.78 is 46.2. The van der Waals surface area contributed by atoms with Gasteiger partial charge in [-0.3, -0.25) is 9.59 Å². The van der Waals surface area contributed by atoms with Crippen LogP contribution in [0.2, 0.25) is 0 Å². The second-order valence-corrected chi connectivity index (χ2v) is 9.44. The van der Waals surface area contributed by atoms with Crippen molar-refractivity contribution >= 4 is 27.5 Å². The Kier molecular flexibility index (Phi) is 5.67. The lowest BCUT2D eigenvalue weighted by Gasteiger charge is -2.34. The molecule has 31 heavy (non-hydrogen) atoms. The maximum Gasteiger partial charge on any atom is 0.265 e. The lowest BCUT2D eigenvalue weighted by molar-refractivity contribution is -0.131.